The van der Waals surface area contributed by atoms with Crippen molar-refractivity contribution in [3.63, 3.8) is 0 Å². The number of rotatable bonds is 3. The maximum atomic E-state index is 12.0. The lowest BCUT2D eigenvalue weighted by Crippen LogP contribution is -2.15. The van der Waals surface area contributed by atoms with Crippen LogP contribution in [-0.2, 0) is 0 Å². The number of thiophene rings is 1. The predicted molar refractivity (Wildman–Crippen MR) is 80.1 cm³/mol. The fourth-order valence-electron chi connectivity index (χ4n) is 1.92. The molecular weight excluding hydrogens is 296 g/mol. The van der Waals surface area contributed by atoms with E-state index in [0.29, 0.717) is 33.9 Å². The lowest BCUT2D eigenvalue weighted by Gasteiger charge is -2.19. The van der Waals surface area contributed by atoms with Crippen molar-refractivity contribution >= 4 is 34.8 Å². The molecule has 0 saturated heterocycles. The Bertz CT molecular complexity index is 676. The quantitative estimate of drug-likeness (QED) is 0.633. The number of allylic oxidation sites excluding steroid dienone is 1. The Hall–Kier alpha value is -1.78. The average Bonchev–Trinajstić information content (AvgIpc) is 2.91. The van der Waals surface area contributed by atoms with Crippen LogP contribution in [0.25, 0.3) is 6.08 Å². The summed E-state index contributed by atoms with van der Waals surface area (Å²) in [4.78, 5) is 12.6. The van der Waals surface area contributed by atoms with Gasteiger partial charge in [0.1, 0.15) is 13.2 Å². The van der Waals surface area contributed by atoms with Crippen LogP contribution in [-0.4, -0.2) is 19.0 Å². The second-order valence-electron chi connectivity index (χ2n) is 4.17. The molecule has 20 heavy (non-hydrogen) atoms. The van der Waals surface area contributed by atoms with Crippen molar-refractivity contribution in [1.82, 2.24) is 0 Å². The number of carbonyl (C=O) groups excluding carboxylic acids is 1. The highest BCUT2D eigenvalue weighted by molar-refractivity contribution is 7.18. The van der Waals surface area contributed by atoms with Gasteiger partial charge in [0.2, 0.25) is 0 Å². The Morgan fingerprint density at radius 2 is 2.05 bits per heavy atom. The number of hydrogen-bond acceptors (Lipinski definition) is 4. The Morgan fingerprint density at radius 1 is 1.20 bits per heavy atom. The van der Waals surface area contributed by atoms with Crippen LogP contribution in [0.3, 0.4) is 0 Å². The van der Waals surface area contributed by atoms with E-state index in [1.54, 1.807) is 18.2 Å². The van der Waals surface area contributed by atoms with Gasteiger partial charge < -0.3 is 9.47 Å². The largest absolute Gasteiger partial charge is 0.486 e. The van der Waals surface area contributed by atoms with E-state index in [0.717, 1.165) is 5.56 Å². The number of benzene rings is 1. The van der Waals surface area contributed by atoms with Gasteiger partial charge in [0.15, 0.2) is 17.3 Å². The van der Waals surface area contributed by atoms with Crippen LogP contribution in [0.1, 0.15) is 15.2 Å². The highest BCUT2D eigenvalue weighted by Crippen LogP contribution is 2.34. The first-order chi connectivity index (χ1) is 9.74. The third-order valence-electron chi connectivity index (χ3n) is 2.83. The number of ether oxygens (including phenoxy) is 2. The lowest BCUT2D eigenvalue weighted by molar-refractivity contribution is 0.105. The molecule has 0 amide bonds. The number of halogens is 1. The molecule has 3 nitrogen and oxygen atoms in total. The van der Waals surface area contributed by atoms with Crippen molar-refractivity contribution in [3.8, 4) is 11.5 Å². The molecule has 1 aromatic heterocycles. The Morgan fingerprint density at radius 3 is 2.85 bits per heavy atom. The third kappa shape index (κ3) is 2.71. The maximum absolute atomic E-state index is 12.0. The van der Waals surface area contributed by atoms with E-state index in [9.17, 15) is 4.79 Å². The number of hydrogen-bond donors (Lipinski definition) is 0. The first-order valence-corrected chi connectivity index (χ1v) is 7.30. The minimum Gasteiger partial charge on any atom is -0.486 e. The topological polar surface area (TPSA) is 35.5 Å². The minimum atomic E-state index is -0.0729. The molecule has 1 aromatic carbocycles. The van der Waals surface area contributed by atoms with Gasteiger partial charge in [-0.15, -0.1) is 11.3 Å². The molecule has 1 aliphatic heterocycles. The van der Waals surface area contributed by atoms with E-state index in [2.05, 4.69) is 0 Å². The van der Waals surface area contributed by atoms with E-state index in [1.807, 2.05) is 18.2 Å². The van der Waals surface area contributed by atoms with Gasteiger partial charge in [-0.05, 0) is 30.4 Å². The molecule has 0 unspecified atom stereocenters. The van der Waals surface area contributed by atoms with E-state index in [4.69, 9.17) is 21.1 Å². The van der Waals surface area contributed by atoms with Gasteiger partial charge in [0.05, 0.1) is 9.21 Å². The van der Waals surface area contributed by atoms with E-state index >= 15 is 0 Å². The van der Waals surface area contributed by atoms with E-state index < -0.39 is 0 Å². The van der Waals surface area contributed by atoms with Gasteiger partial charge in [0.25, 0.3) is 0 Å². The molecule has 5 heteroatoms. The van der Waals surface area contributed by atoms with Gasteiger partial charge in [-0.3, -0.25) is 4.79 Å². The van der Waals surface area contributed by atoms with Gasteiger partial charge in [0, 0.05) is 5.56 Å². The molecule has 0 atom stereocenters. The molecule has 2 aromatic rings. The first kappa shape index (κ1) is 13.2. The Balaban J connectivity index is 1.84. The zero-order chi connectivity index (χ0) is 13.9. The summed E-state index contributed by atoms with van der Waals surface area (Å²) < 4.78 is 11.7. The second-order valence-corrected chi connectivity index (χ2v) is 5.89. The van der Waals surface area contributed by atoms with E-state index in [1.165, 1.54) is 17.4 Å². The normalized spacial score (nSPS) is 13.7. The highest BCUT2D eigenvalue weighted by atomic mass is 35.5. The average molecular weight is 307 g/mol. The molecule has 0 radical (unpaired) electrons. The van der Waals surface area contributed by atoms with Crippen molar-refractivity contribution in [2.24, 2.45) is 0 Å². The van der Waals surface area contributed by atoms with Gasteiger partial charge in [-0.25, -0.2) is 0 Å². The predicted octanol–water partition coefficient (Wildman–Crippen LogP) is 4.07. The number of para-hydroxylation sites is 1. The molecule has 0 saturated carbocycles. The third-order valence-corrected chi connectivity index (χ3v) is 4.07. The van der Waals surface area contributed by atoms with Crippen molar-refractivity contribution in [1.29, 1.82) is 0 Å². The standard InChI is InChI=1S/C15H11ClO3S/c16-14-7-6-13(20-14)11(17)5-4-10-2-1-3-12-15(10)19-9-8-18-12/h1-7H,8-9H2/b5-4+. The fraction of sp³-hybridized carbons (Fsp3) is 0.133. The summed E-state index contributed by atoms with van der Waals surface area (Å²) in [6, 6.07) is 9.05. The summed E-state index contributed by atoms with van der Waals surface area (Å²) in [7, 11) is 0. The van der Waals surface area contributed by atoms with Gasteiger partial charge in [-0.2, -0.15) is 0 Å². The smallest absolute Gasteiger partial charge is 0.195 e. The van der Waals surface area contributed by atoms with Crippen LogP contribution >= 0.6 is 22.9 Å². The first-order valence-electron chi connectivity index (χ1n) is 6.10. The van der Waals surface area contributed by atoms with Crippen LogP contribution in [0.15, 0.2) is 36.4 Å². The molecule has 3 rings (SSSR count). The van der Waals surface area contributed by atoms with Crippen molar-refractivity contribution in [2.45, 2.75) is 0 Å². The van der Waals surface area contributed by atoms with Crippen LogP contribution in [0, 0.1) is 0 Å². The fourth-order valence-corrected chi connectivity index (χ4v) is 2.89. The molecule has 102 valence electrons. The van der Waals surface area contributed by atoms with Crippen molar-refractivity contribution in [3.05, 3.63) is 51.2 Å². The zero-order valence-corrected chi connectivity index (χ0v) is 12.0. The van der Waals surface area contributed by atoms with Crippen molar-refractivity contribution in [2.75, 3.05) is 13.2 Å². The summed E-state index contributed by atoms with van der Waals surface area (Å²) in [6.45, 7) is 1.07. The molecule has 0 aliphatic carbocycles. The summed E-state index contributed by atoms with van der Waals surface area (Å²) in [5.74, 6) is 1.33. The van der Waals surface area contributed by atoms with Gasteiger partial charge >= 0.3 is 0 Å². The lowest BCUT2D eigenvalue weighted by atomic mass is 10.1. The molecule has 0 spiro atoms. The molecule has 0 fully saturated rings. The summed E-state index contributed by atoms with van der Waals surface area (Å²) in [5, 5.41) is 0. The zero-order valence-electron chi connectivity index (χ0n) is 10.5. The van der Waals surface area contributed by atoms with Crippen LogP contribution in [0.4, 0.5) is 0 Å². The van der Waals surface area contributed by atoms with Crippen LogP contribution in [0.5, 0.6) is 11.5 Å². The number of ketones is 1. The monoisotopic (exact) mass is 306 g/mol. The van der Waals surface area contributed by atoms with Crippen LogP contribution in [0.2, 0.25) is 4.34 Å². The van der Waals surface area contributed by atoms with Crippen molar-refractivity contribution < 1.29 is 14.3 Å². The van der Waals surface area contributed by atoms with Gasteiger partial charge in [-0.1, -0.05) is 23.7 Å². The summed E-state index contributed by atoms with van der Waals surface area (Å²) >= 11 is 7.09. The second kappa shape index (κ2) is 5.69. The molecular formula is C15H11ClO3S. The SMILES string of the molecule is O=C(/C=C/c1cccc2c1OCCO2)c1ccc(Cl)s1. The van der Waals surface area contributed by atoms with E-state index in [-0.39, 0.29) is 5.78 Å². The summed E-state index contributed by atoms with van der Waals surface area (Å²) in [6.07, 6.45) is 3.26. The number of fused-ring (bicyclic) bond motifs is 1. The molecule has 1 aliphatic rings. The minimum absolute atomic E-state index is 0.0729. The number of carbonyl (C=O) groups is 1. The summed E-state index contributed by atoms with van der Waals surface area (Å²) in [5.41, 5.74) is 0.832. The Labute approximate surface area is 125 Å². The van der Waals surface area contributed by atoms with Crippen LogP contribution < -0.4 is 9.47 Å². The maximum Gasteiger partial charge on any atom is 0.195 e. The molecule has 0 bridgehead atoms. The molecule has 0 N–H and O–H groups in total. The highest BCUT2D eigenvalue weighted by Gasteiger charge is 2.14. The molecule has 2 heterocycles. The Kier molecular flexibility index (Phi) is 3.76.